The summed E-state index contributed by atoms with van der Waals surface area (Å²) in [6.45, 7) is 1.56. The first-order chi connectivity index (χ1) is 9.63. The molecule has 1 amide bonds. The largest absolute Gasteiger partial charge is 0.465 e. The number of hydrogen-bond donors (Lipinski definition) is 2. The maximum atomic E-state index is 12.9. The van der Waals surface area contributed by atoms with E-state index >= 15 is 0 Å². The number of alkyl halides is 3. The number of carbonyl (C=O) groups is 1. The quantitative estimate of drug-likeness (QED) is 0.838. The van der Waals surface area contributed by atoms with Crippen LogP contribution in [0.15, 0.2) is 18.2 Å². The van der Waals surface area contributed by atoms with E-state index in [1.807, 2.05) is 0 Å². The fourth-order valence-electron chi connectivity index (χ4n) is 2.57. The number of rotatable bonds is 1. The standard InChI is InChI=1S/C14H16F3NO3/c1-9-2-3-10(8-11(9)14(15,16)17)13(21)4-6-18(7-5-13)12(19)20/h2-3,8,21H,4-7H2,1H3,(H,19,20). The summed E-state index contributed by atoms with van der Waals surface area (Å²) in [4.78, 5) is 12.0. The number of aryl methyl sites for hydroxylation is 1. The van der Waals surface area contributed by atoms with Crippen molar-refractivity contribution >= 4 is 6.09 Å². The molecule has 1 fully saturated rings. The van der Waals surface area contributed by atoms with Crippen LogP contribution in [-0.2, 0) is 11.8 Å². The van der Waals surface area contributed by atoms with Crippen molar-refractivity contribution in [1.29, 1.82) is 0 Å². The average molecular weight is 303 g/mol. The summed E-state index contributed by atoms with van der Waals surface area (Å²) in [5.74, 6) is 0. The lowest BCUT2D eigenvalue weighted by Gasteiger charge is -2.37. The van der Waals surface area contributed by atoms with Crippen LogP contribution in [0.1, 0.15) is 29.5 Å². The van der Waals surface area contributed by atoms with Crippen LogP contribution < -0.4 is 0 Å². The minimum atomic E-state index is -4.47. The van der Waals surface area contributed by atoms with E-state index in [0.717, 1.165) is 11.0 Å². The van der Waals surface area contributed by atoms with Gasteiger partial charge in [-0.25, -0.2) is 4.79 Å². The van der Waals surface area contributed by atoms with E-state index in [2.05, 4.69) is 0 Å². The molecule has 4 nitrogen and oxygen atoms in total. The van der Waals surface area contributed by atoms with Crippen molar-refractivity contribution in [3.8, 4) is 0 Å². The van der Waals surface area contributed by atoms with Crippen LogP contribution in [0.4, 0.5) is 18.0 Å². The van der Waals surface area contributed by atoms with Gasteiger partial charge >= 0.3 is 12.3 Å². The van der Waals surface area contributed by atoms with Gasteiger partial charge in [0.15, 0.2) is 0 Å². The number of likely N-dealkylation sites (tertiary alicyclic amines) is 1. The molecular formula is C14H16F3NO3. The Labute approximate surface area is 119 Å². The van der Waals surface area contributed by atoms with Crippen molar-refractivity contribution in [3.63, 3.8) is 0 Å². The van der Waals surface area contributed by atoms with Gasteiger partial charge in [0.25, 0.3) is 0 Å². The zero-order valence-corrected chi connectivity index (χ0v) is 11.4. The van der Waals surface area contributed by atoms with Gasteiger partial charge in [-0.1, -0.05) is 12.1 Å². The first-order valence-corrected chi connectivity index (χ1v) is 6.52. The zero-order chi connectivity index (χ0) is 15.8. The summed E-state index contributed by atoms with van der Waals surface area (Å²) in [5.41, 5.74) is -1.91. The Morgan fingerprint density at radius 2 is 1.86 bits per heavy atom. The Morgan fingerprint density at radius 1 is 1.29 bits per heavy atom. The van der Waals surface area contributed by atoms with Gasteiger partial charge in [-0.05, 0) is 37.0 Å². The van der Waals surface area contributed by atoms with E-state index in [9.17, 15) is 23.1 Å². The second-order valence-corrected chi connectivity index (χ2v) is 5.33. The van der Waals surface area contributed by atoms with Gasteiger partial charge < -0.3 is 15.1 Å². The molecule has 0 radical (unpaired) electrons. The highest BCUT2D eigenvalue weighted by atomic mass is 19.4. The number of nitrogens with zero attached hydrogens (tertiary/aromatic N) is 1. The van der Waals surface area contributed by atoms with Gasteiger partial charge in [0.1, 0.15) is 0 Å². The summed E-state index contributed by atoms with van der Waals surface area (Å²) in [5, 5.41) is 19.4. The summed E-state index contributed by atoms with van der Waals surface area (Å²) >= 11 is 0. The molecule has 1 aliphatic rings. The normalized spacial score (nSPS) is 18.6. The van der Waals surface area contributed by atoms with Crippen LogP contribution in [0.2, 0.25) is 0 Å². The highest BCUT2D eigenvalue weighted by Gasteiger charge is 2.38. The monoisotopic (exact) mass is 303 g/mol. The number of benzene rings is 1. The van der Waals surface area contributed by atoms with Gasteiger partial charge in [-0.2, -0.15) is 13.2 Å². The molecule has 0 aliphatic carbocycles. The Kier molecular flexibility index (Phi) is 3.88. The third-order valence-corrected chi connectivity index (χ3v) is 3.94. The summed E-state index contributed by atoms with van der Waals surface area (Å²) < 4.78 is 38.8. The molecule has 0 aromatic heterocycles. The summed E-state index contributed by atoms with van der Waals surface area (Å²) in [6.07, 6.45) is -5.39. The third-order valence-electron chi connectivity index (χ3n) is 3.94. The number of hydrogen-bond acceptors (Lipinski definition) is 2. The molecule has 0 unspecified atom stereocenters. The first kappa shape index (κ1) is 15.6. The Morgan fingerprint density at radius 3 is 2.33 bits per heavy atom. The van der Waals surface area contributed by atoms with Crippen LogP contribution in [0, 0.1) is 6.92 Å². The predicted molar refractivity (Wildman–Crippen MR) is 68.9 cm³/mol. The first-order valence-electron chi connectivity index (χ1n) is 6.52. The highest BCUT2D eigenvalue weighted by molar-refractivity contribution is 5.65. The predicted octanol–water partition coefficient (Wildman–Crippen LogP) is 2.98. The second kappa shape index (κ2) is 5.22. The Balaban J connectivity index is 2.28. The molecule has 0 atom stereocenters. The van der Waals surface area contributed by atoms with Crippen molar-refractivity contribution in [1.82, 2.24) is 4.90 Å². The van der Waals surface area contributed by atoms with E-state index in [0.29, 0.717) is 0 Å². The number of aliphatic hydroxyl groups is 1. The lowest BCUT2D eigenvalue weighted by atomic mass is 9.83. The van der Waals surface area contributed by atoms with Gasteiger partial charge in [0.05, 0.1) is 11.2 Å². The van der Waals surface area contributed by atoms with Crippen molar-refractivity contribution in [3.05, 3.63) is 34.9 Å². The lowest BCUT2D eigenvalue weighted by Crippen LogP contribution is -2.44. The molecule has 116 valence electrons. The van der Waals surface area contributed by atoms with Crippen molar-refractivity contribution in [2.75, 3.05) is 13.1 Å². The van der Waals surface area contributed by atoms with Crippen LogP contribution in [0.3, 0.4) is 0 Å². The Bertz CT molecular complexity index is 549. The van der Waals surface area contributed by atoms with Crippen LogP contribution in [-0.4, -0.2) is 34.3 Å². The second-order valence-electron chi connectivity index (χ2n) is 5.33. The fraction of sp³-hybridized carbons (Fsp3) is 0.500. The Hall–Kier alpha value is -1.76. The van der Waals surface area contributed by atoms with Gasteiger partial charge in [0, 0.05) is 13.1 Å². The molecular weight excluding hydrogens is 287 g/mol. The molecule has 0 bridgehead atoms. The molecule has 2 rings (SSSR count). The molecule has 2 N–H and O–H groups in total. The molecule has 1 saturated heterocycles. The molecule has 1 heterocycles. The maximum Gasteiger partial charge on any atom is 0.416 e. The van der Waals surface area contributed by atoms with E-state index < -0.39 is 23.4 Å². The van der Waals surface area contributed by atoms with Crippen LogP contribution >= 0.6 is 0 Å². The third kappa shape index (κ3) is 3.12. The number of carboxylic acid groups (broad SMARTS) is 1. The number of piperidine rings is 1. The van der Waals surface area contributed by atoms with Crippen molar-refractivity contribution < 1.29 is 28.2 Å². The zero-order valence-electron chi connectivity index (χ0n) is 11.4. The van der Waals surface area contributed by atoms with Gasteiger partial charge in [-0.15, -0.1) is 0 Å². The molecule has 1 aromatic carbocycles. The van der Waals surface area contributed by atoms with E-state index in [1.165, 1.54) is 19.1 Å². The molecule has 21 heavy (non-hydrogen) atoms. The van der Waals surface area contributed by atoms with Crippen molar-refractivity contribution in [2.24, 2.45) is 0 Å². The summed E-state index contributed by atoms with van der Waals surface area (Å²) in [6, 6.07) is 3.77. The maximum absolute atomic E-state index is 12.9. The van der Waals surface area contributed by atoms with Gasteiger partial charge in [-0.3, -0.25) is 0 Å². The molecule has 0 saturated carbocycles. The summed E-state index contributed by atoms with van der Waals surface area (Å²) in [7, 11) is 0. The van der Waals surface area contributed by atoms with Crippen molar-refractivity contribution in [2.45, 2.75) is 31.5 Å². The fourth-order valence-corrected chi connectivity index (χ4v) is 2.57. The lowest BCUT2D eigenvalue weighted by molar-refractivity contribution is -0.138. The van der Waals surface area contributed by atoms with Crippen LogP contribution in [0.5, 0.6) is 0 Å². The molecule has 1 aliphatic heterocycles. The average Bonchev–Trinajstić information content (AvgIpc) is 2.38. The highest BCUT2D eigenvalue weighted by Crippen LogP contribution is 2.38. The topological polar surface area (TPSA) is 60.8 Å². The number of amides is 1. The molecule has 1 aromatic rings. The van der Waals surface area contributed by atoms with Gasteiger partial charge in [0.2, 0.25) is 0 Å². The minimum absolute atomic E-state index is 0.0830. The van der Waals surface area contributed by atoms with E-state index in [4.69, 9.17) is 5.11 Å². The molecule has 7 heteroatoms. The minimum Gasteiger partial charge on any atom is -0.465 e. The van der Waals surface area contributed by atoms with E-state index in [1.54, 1.807) is 0 Å². The number of halogens is 3. The SMILES string of the molecule is Cc1ccc(C2(O)CCN(C(=O)O)CC2)cc1C(F)(F)F. The molecule has 0 spiro atoms. The smallest absolute Gasteiger partial charge is 0.416 e. The van der Waals surface area contributed by atoms with E-state index in [-0.39, 0.29) is 37.1 Å². The van der Waals surface area contributed by atoms with Crippen LogP contribution in [0.25, 0.3) is 0 Å².